The van der Waals surface area contributed by atoms with Gasteiger partial charge in [-0.2, -0.15) is 0 Å². The Morgan fingerprint density at radius 3 is 2.58 bits per heavy atom. The second-order valence-electron chi connectivity index (χ2n) is 5.04. The predicted molar refractivity (Wildman–Crippen MR) is 76.9 cm³/mol. The summed E-state index contributed by atoms with van der Waals surface area (Å²) in [6, 6.07) is 7.27. The number of nitrogens with zero attached hydrogens (tertiary/aromatic N) is 1. The van der Waals surface area contributed by atoms with Crippen LogP contribution in [0.5, 0.6) is 0 Å². The quantitative estimate of drug-likeness (QED) is 0.795. The molecule has 0 aromatic heterocycles. The van der Waals surface area contributed by atoms with Gasteiger partial charge in [0.15, 0.2) is 5.78 Å². The number of ketones is 1. The number of hydrogen-bond donors (Lipinski definition) is 0. The van der Waals surface area contributed by atoms with Gasteiger partial charge in [0.25, 0.3) is 0 Å². The Labute approximate surface area is 119 Å². The van der Waals surface area contributed by atoms with Crippen molar-refractivity contribution in [1.29, 1.82) is 0 Å². The lowest BCUT2D eigenvalue weighted by Crippen LogP contribution is -2.56. The minimum atomic E-state index is -0.505. The summed E-state index contributed by atoms with van der Waals surface area (Å²) in [6.45, 7) is 7.01. The highest BCUT2D eigenvalue weighted by molar-refractivity contribution is 6.34. The zero-order chi connectivity index (χ0) is 13.9. The molecule has 0 saturated carbocycles. The van der Waals surface area contributed by atoms with Gasteiger partial charge in [-0.05, 0) is 25.5 Å². The third kappa shape index (κ3) is 2.83. The molecule has 0 radical (unpaired) electrons. The number of morpholine rings is 1. The van der Waals surface area contributed by atoms with Crippen molar-refractivity contribution in [2.45, 2.75) is 25.8 Å². The van der Waals surface area contributed by atoms with Crippen LogP contribution in [0.2, 0.25) is 5.02 Å². The van der Waals surface area contributed by atoms with E-state index in [9.17, 15) is 4.79 Å². The maximum Gasteiger partial charge on any atom is 0.184 e. The van der Waals surface area contributed by atoms with Gasteiger partial charge in [0.2, 0.25) is 0 Å². The fourth-order valence-electron chi connectivity index (χ4n) is 2.52. The summed E-state index contributed by atoms with van der Waals surface area (Å²) >= 11 is 6.16. The van der Waals surface area contributed by atoms with Crippen molar-refractivity contribution in [3.8, 4) is 0 Å². The molecular weight excluding hydrogens is 262 g/mol. The van der Waals surface area contributed by atoms with Gasteiger partial charge in [0, 0.05) is 18.7 Å². The zero-order valence-corrected chi connectivity index (χ0v) is 12.2. The summed E-state index contributed by atoms with van der Waals surface area (Å²) in [5, 5.41) is 0.528. The Morgan fingerprint density at radius 2 is 2.00 bits per heavy atom. The van der Waals surface area contributed by atoms with Crippen molar-refractivity contribution in [3.05, 3.63) is 34.9 Å². The zero-order valence-electron chi connectivity index (χ0n) is 11.5. The van der Waals surface area contributed by atoms with Gasteiger partial charge in [-0.15, -0.1) is 0 Å². The third-order valence-electron chi connectivity index (χ3n) is 4.01. The van der Waals surface area contributed by atoms with Crippen molar-refractivity contribution < 1.29 is 9.53 Å². The van der Waals surface area contributed by atoms with E-state index in [-0.39, 0.29) is 5.78 Å². The first kappa shape index (κ1) is 14.5. The van der Waals surface area contributed by atoms with Crippen LogP contribution in [-0.2, 0) is 4.74 Å². The molecule has 1 aromatic rings. The van der Waals surface area contributed by atoms with E-state index in [2.05, 4.69) is 4.90 Å². The molecule has 1 atom stereocenters. The highest BCUT2D eigenvalue weighted by atomic mass is 35.5. The number of Topliss-reactive ketones (excluding diaryl/α,β-unsaturated/α-hetero) is 1. The lowest BCUT2D eigenvalue weighted by molar-refractivity contribution is -0.0106. The van der Waals surface area contributed by atoms with E-state index in [0.717, 1.165) is 19.5 Å². The molecule has 1 aromatic carbocycles. The van der Waals surface area contributed by atoms with E-state index in [4.69, 9.17) is 16.3 Å². The summed E-state index contributed by atoms with van der Waals surface area (Å²) in [5.41, 5.74) is 0.106. The first-order valence-corrected chi connectivity index (χ1v) is 7.09. The monoisotopic (exact) mass is 281 g/mol. The minimum absolute atomic E-state index is 0.0995. The summed E-state index contributed by atoms with van der Waals surface area (Å²) in [6.07, 6.45) is 0.761. The molecule has 19 heavy (non-hydrogen) atoms. The van der Waals surface area contributed by atoms with Gasteiger partial charge in [0.1, 0.15) is 0 Å². The SMILES string of the molecule is CCC(C)(C(=O)c1ccccc1Cl)N1CCOCC1. The summed E-state index contributed by atoms with van der Waals surface area (Å²) in [4.78, 5) is 15.1. The normalized spacial score (nSPS) is 19.9. The molecule has 0 bridgehead atoms. The van der Waals surface area contributed by atoms with E-state index in [0.29, 0.717) is 23.8 Å². The van der Waals surface area contributed by atoms with Gasteiger partial charge >= 0.3 is 0 Å². The summed E-state index contributed by atoms with van der Waals surface area (Å²) in [7, 11) is 0. The molecule has 1 saturated heterocycles. The maximum atomic E-state index is 12.9. The Kier molecular flexibility index (Phi) is 4.61. The Morgan fingerprint density at radius 1 is 1.37 bits per heavy atom. The van der Waals surface area contributed by atoms with Crippen molar-refractivity contribution in [3.63, 3.8) is 0 Å². The Bertz CT molecular complexity index is 457. The molecule has 4 heteroatoms. The van der Waals surface area contributed by atoms with E-state index < -0.39 is 5.54 Å². The van der Waals surface area contributed by atoms with E-state index in [1.165, 1.54) is 0 Å². The molecule has 3 nitrogen and oxygen atoms in total. The maximum absolute atomic E-state index is 12.9. The van der Waals surface area contributed by atoms with Crippen LogP contribution in [0.3, 0.4) is 0 Å². The average molecular weight is 282 g/mol. The molecule has 2 rings (SSSR count). The number of carbonyl (C=O) groups excluding carboxylic acids is 1. The lowest BCUT2D eigenvalue weighted by Gasteiger charge is -2.41. The summed E-state index contributed by atoms with van der Waals surface area (Å²) in [5.74, 6) is 0.0995. The molecule has 0 aliphatic carbocycles. The highest BCUT2D eigenvalue weighted by Gasteiger charge is 2.39. The fraction of sp³-hybridized carbons (Fsp3) is 0.533. The van der Waals surface area contributed by atoms with E-state index in [1.54, 1.807) is 12.1 Å². The number of hydrogen-bond acceptors (Lipinski definition) is 3. The number of carbonyl (C=O) groups is 1. The average Bonchev–Trinajstić information content (AvgIpc) is 2.47. The second-order valence-corrected chi connectivity index (χ2v) is 5.44. The molecule has 1 fully saturated rings. The standard InChI is InChI=1S/C15H20ClNO2/c1-3-15(2,17-8-10-19-11-9-17)14(18)12-6-4-5-7-13(12)16/h4-7H,3,8-11H2,1-2H3. The van der Waals surface area contributed by atoms with Gasteiger partial charge in [-0.25, -0.2) is 0 Å². The molecule has 1 heterocycles. The molecule has 1 aliphatic heterocycles. The van der Waals surface area contributed by atoms with Crippen molar-refractivity contribution in [1.82, 2.24) is 4.90 Å². The molecule has 0 spiro atoms. The smallest absolute Gasteiger partial charge is 0.184 e. The van der Waals surface area contributed by atoms with Crippen LogP contribution < -0.4 is 0 Å². The second kappa shape index (κ2) is 6.04. The Hall–Kier alpha value is -0.900. The minimum Gasteiger partial charge on any atom is -0.379 e. The molecule has 0 N–H and O–H groups in total. The van der Waals surface area contributed by atoms with Crippen molar-refractivity contribution in [2.75, 3.05) is 26.3 Å². The number of rotatable bonds is 4. The van der Waals surface area contributed by atoms with Crippen LogP contribution in [0.1, 0.15) is 30.6 Å². The van der Waals surface area contributed by atoms with Gasteiger partial charge in [-0.3, -0.25) is 9.69 Å². The third-order valence-corrected chi connectivity index (χ3v) is 4.33. The molecular formula is C15H20ClNO2. The molecule has 0 amide bonds. The lowest BCUT2D eigenvalue weighted by atomic mass is 9.86. The first-order chi connectivity index (χ1) is 9.09. The van der Waals surface area contributed by atoms with Crippen LogP contribution >= 0.6 is 11.6 Å². The molecule has 1 aliphatic rings. The van der Waals surface area contributed by atoms with Crippen LogP contribution in [-0.4, -0.2) is 42.5 Å². The first-order valence-electron chi connectivity index (χ1n) is 6.71. The van der Waals surface area contributed by atoms with Gasteiger partial charge < -0.3 is 4.74 Å². The van der Waals surface area contributed by atoms with Crippen LogP contribution in [0.15, 0.2) is 24.3 Å². The summed E-state index contributed by atoms with van der Waals surface area (Å²) < 4.78 is 5.37. The topological polar surface area (TPSA) is 29.5 Å². The molecule has 1 unspecified atom stereocenters. The predicted octanol–water partition coefficient (Wildman–Crippen LogP) is 3.02. The number of halogens is 1. The van der Waals surface area contributed by atoms with Crippen molar-refractivity contribution in [2.24, 2.45) is 0 Å². The van der Waals surface area contributed by atoms with Crippen LogP contribution in [0.25, 0.3) is 0 Å². The van der Waals surface area contributed by atoms with Gasteiger partial charge in [-0.1, -0.05) is 30.7 Å². The highest BCUT2D eigenvalue weighted by Crippen LogP contribution is 2.28. The van der Waals surface area contributed by atoms with Crippen LogP contribution in [0, 0.1) is 0 Å². The Balaban J connectivity index is 2.30. The number of benzene rings is 1. The van der Waals surface area contributed by atoms with E-state index in [1.807, 2.05) is 26.0 Å². The molecule has 104 valence electrons. The van der Waals surface area contributed by atoms with Gasteiger partial charge in [0.05, 0.1) is 23.8 Å². The van der Waals surface area contributed by atoms with Crippen molar-refractivity contribution >= 4 is 17.4 Å². The largest absolute Gasteiger partial charge is 0.379 e. The fourth-order valence-corrected chi connectivity index (χ4v) is 2.74. The van der Waals surface area contributed by atoms with Crippen LogP contribution in [0.4, 0.5) is 0 Å². The number of ether oxygens (including phenoxy) is 1. The van der Waals surface area contributed by atoms with E-state index >= 15 is 0 Å².